The van der Waals surface area contributed by atoms with Crippen LogP contribution in [-0.4, -0.2) is 28.1 Å². The summed E-state index contributed by atoms with van der Waals surface area (Å²) in [6.45, 7) is 4.82. The first-order valence-electron chi connectivity index (χ1n) is 4.86. The number of hydrogen-bond acceptors (Lipinski definition) is 3. The van der Waals surface area contributed by atoms with Crippen LogP contribution in [0.25, 0.3) is 0 Å². The van der Waals surface area contributed by atoms with Crippen LogP contribution in [0, 0.1) is 11.8 Å². The van der Waals surface area contributed by atoms with E-state index in [1.165, 1.54) is 6.92 Å². The average molecular weight is 202 g/mol. The number of carbonyl (C=O) groups is 2. The lowest BCUT2D eigenvalue weighted by molar-refractivity contribution is -0.147. The van der Waals surface area contributed by atoms with Gasteiger partial charge in [-0.25, -0.2) is 0 Å². The van der Waals surface area contributed by atoms with E-state index < -0.39 is 29.7 Å². The molecule has 0 saturated carbocycles. The Bertz CT molecular complexity index is 212. The number of hydrogen-bond donors (Lipinski definition) is 2. The van der Waals surface area contributed by atoms with Gasteiger partial charge in [-0.2, -0.15) is 0 Å². The highest BCUT2D eigenvalue weighted by atomic mass is 16.4. The molecule has 0 amide bonds. The molecule has 0 rings (SSSR count). The van der Waals surface area contributed by atoms with Gasteiger partial charge in [0.1, 0.15) is 5.92 Å². The summed E-state index contributed by atoms with van der Waals surface area (Å²) in [4.78, 5) is 22.0. The van der Waals surface area contributed by atoms with Crippen LogP contribution in [0.3, 0.4) is 0 Å². The molecule has 0 fully saturated rings. The summed E-state index contributed by atoms with van der Waals surface area (Å²) in [6, 6.07) is 0. The van der Waals surface area contributed by atoms with Gasteiger partial charge in [0.2, 0.25) is 0 Å². The third kappa shape index (κ3) is 3.46. The van der Waals surface area contributed by atoms with E-state index in [2.05, 4.69) is 0 Å². The summed E-state index contributed by atoms with van der Waals surface area (Å²) in [5.41, 5.74) is 0. The standard InChI is InChI=1S/C10H18O4/c1-4-5-8(11)6(2)9(12)7(3)10(13)14/h6-8,11H,4-5H2,1-3H3,(H,13,14). The average Bonchev–Trinajstić information content (AvgIpc) is 2.14. The monoisotopic (exact) mass is 202 g/mol. The largest absolute Gasteiger partial charge is 0.481 e. The van der Waals surface area contributed by atoms with Crippen molar-refractivity contribution in [3.8, 4) is 0 Å². The Morgan fingerprint density at radius 2 is 1.79 bits per heavy atom. The van der Waals surface area contributed by atoms with Gasteiger partial charge in [0, 0.05) is 5.92 Å². The Morgan fingerprint density at radius 1 is 1.29 bits per heavy atom. The molecule has 4 heteroatoms. The lowest BCUT2D eigenvalue weighted by Crippen LogP contribution is -2.33. The summed E-state index contributed by atoms with van der Waals surface area (Å²) in [6.07, 6.45) is 0.578. The molecule has 0 aliphatic carbocycles. The van der Waals surface area contributed by atoms with E-state index in [0.717, 1.165) is 6.42 Å². The van der Waals surface area contributed by atoms with Crippen LogP contribution in [0.1, 0.15) is 33.6 Å². The van der Waals surface area contributed by atoms with Crippen molar-refractivity contribution in [2.45, 2.75) is 39.7 Å². The molecule has 3 atom stereocenters. The second kappa shape index (κ2) is 5.75. The highest BCUT2D eigenvalue weighted by molar-refractivity contribution is 5.99. The Kier molecular flexibility index (Phi) is 5.38. The van der Waals surface area contributed by atoms with Crippen LogP contribution in [0.2, 0.25) is 0 Å². The van der Waals surface area contributed by atoms with Gasteiger partial charge in [0.05, 0.1) is 6.10 Å². The highest BCUT2D eigenvalue weighted by Gasteiger charge is 2.29. The van der Waals surface area contributed by atoms with E-state index in [4.69, 9.17) is 5.11 Å². The van der Waals surface area contributed by atoms with Crippen LogP contribution < -0.4 is 0 Å². The minimum atomic E-state index is -1.13. The lowest BCUT2D eigenvalue weighted by Gasteiger charge is -2.18. The number of carboxylic acids is 1. The molecule has 0 bridgehead atoms. The smallest absolute Gasteiger partial charge is 0.313 e. The minimum Gasteiger partial charge on any atom is -0.481 e. The molecule has 0 aliphatic heterocycles. The second-order valence-electron chi connectivity index (χ2n) is 3.61. The predicted molar refractivity (Wildman–Crippen MR) is 51.9 cm³/mol. The normalized spacial score (nSPS) is 17.1. The van der Waals surface area contributed by atoms with E-state index in [1.807, 2.05) is 6.92 Å². The summed E-state index contributed by atoms with van der Waals surface area (Å²) >= 11 is 0. The molecule has 3 unspecified atom stereocenters. The topological polar surface area (TPSA) is 74.6 Å². The van der Waals surface area contributed by atoms with E-state index in [-0.39, 0.29) is 0 Å². The molecular formula is C10H18O4. The fourth-order valence-electron chi connectivity index (χ4n) is 1.25. The maximum atomic E-state index is 11.5. The predicted octanol–water partition coefficient (Wildman–Crippen LogP) is 1.07. The van der Waals surface area contributed by atoms with Crippen molar-refractivity contribution in [1.82, 2.24) is 0 Å². The molecule has 0 spiro atoms. The Labute approximate surface area is 83.9 Å². The highest BCUT2D eigenvalue weighted by Crippen LogP contribution is 2.15. The van der Waals surface area contributed by atoms with Gasteiger partial charge in [0.25, 0.3) is 0 Å². The number of aliphatic hydroxyl groups excluding tert-OH is 1. The number of ketones is 1. The van der Waals surface area contributed by atoms with Crippen molar-refractivity contribution in [1.29, 1.82) is 0 Å². The van der Waals surface area contributed by atoms with Crippen molar-refractivity contribution in [2.75, 3.05) is 0 Å². The Hall–Kier alpha value is -0.900. The first-order chi connectivity index (χ1) is 6.41. The van der Waals surface area contributed by atoms with E-state index in [9.17, 15) is 14.7 Å². The van der Waals surface area contributed by atoms with Crippen LogP contribution >= 0.6 is 0 Å². The van der Waals surface area contributed by atoms with Gasteiger partial charge in [-0.05, 0) is 13.3 Å². The number of carbonyl (C=O) groups excluding carboxylic acids is 1. The summed E-state index contributed by atoms with van der Waals surface area (Å²) in [5, 5.41) is 18.1. The van der Waals surface area contributed by atoms with Crippen LogP contribution in [0.5, 0.6) is 0 Å². The molecule has 82 valence electrons. The Balaban J connectivity index is 4.30. The number of rotatable bonds is 6. The van der Waals surface area contributed by atoms with Crippen molar-refractivity contribution < 1.29 is 19.8 Å². The third-order valence-corrected chi connectivity index (χ3v) is 2.41. The maximum absolute atomic E-state index is 11.5. The Morgan fingerprint density at radius 3 is 2.14 bits per heavy atom. The SMILES string of the molecule is CCCC(O)C(C)C(=O)C(C)C(=O)O. The molecule has 0 aromatic carbocycles. The summed E-state index contributed by atoms with van der Waals surface area (Å²) < 4.78 is 0. The van der Waals surface area contributed by atoms with E-state index in [1.54, 1.807) is 6.92 Å². The molecule has 0 aromatic rings. The zero-order valence-corrected chi connectivity index (χ0v) is 8.86. The molecule has 0 saturated heterocycles. The number of Topliss-reactive ketones (excluding diaryl/α,β-unsaturated/α-hetero) is 1. The zero-order valence-electron chi connectivity index (χ0n) is 8.86. The van der Waals surface area contributed by atoms with Crippen LogP contribution in [0.4, 0.5) is 0 Å². The fourth-order valence-corrected chi connectivity index (χ4v) is 1.25. The van der Waals surface area contributed by atoms with Gasteiger partial charge in [-0.3, -0.25) is 9.59 Å². The van der Waals surface area contributed by atoms with Crippen molar-refractivity contribution in [3.05, 3.63) is 0 Å². The van der Waals surface area contributed by atoms with Gasteiger partial charge in [-0.1, -0.05) is 20.3 Å². The first-order valence-corrected chi connectivity index (χ1v) is 4.86. The van der Waals surface area contributed by atoms with Crippen molar-refractivity contribution >= 4 is 11.8 Å². The van der Waals surface area contributed by atoms with E-state index in [0.29, 0.717) is 6.42 Å². The molecule has 0 heterocycles. The first kappa shape index (κ1) is 13.1. The van der Waals surface area contributed by atoms with Gasteiger partial charge in [-0.15, -0.1) is 0 Å². The van der Waals surface area contributed by atoms with Gasteiger partial charge >= 0.3 is 5.97 Å². The van der Waals surface area contributed by atoms with Crippen LogP contribution in [-0.2, 0) is 9.59 Å². The number of aliphatic hydroxyl groups is 1. The quantitative estimate of drug-likeness (QED) is 0.632. The lowest BCUT2D eigenvalue weighted by atomic mass is 9.89. The summed E-state index contributed by atoms with van der Waals surface area (Å²) in [7, 11) is 0. The minimum absolute atomic E-state index is 0.404. The third-order valence-electron chi connectivity index (χ3n) is 2.41. The number of aliphatic carboxylic acids is 1. The molecule has 0 aromatic heterocycles. The van der Waals surface area contributed by atoms with Gasteiger partial charge < -0.3 is 10.2 Å². The molecule has 0 aliphatic rings. The van der Waals surface area contributed by atoms with Crippen molar-refractivity contribution in [3.63, 3.8) is 0 Å². The molecular weight excluding hydrogens is 184 g/mol. The molecule has 2 N–H and O–H groups in total. The number of carboxylic acid groups (broad SMARTS) is 1. The van der Waals surface area contributed by atoms with E-state index >= 15 is 0 Å². The second-order valence-corrected chi connectivity index (χ2v) is 3.61. The molecule has 0 radical (unpaired) electrons. The van der Waals surface area contributed by atoms with Crippen molar-refractivity contribution in [2.24, 2.45) is 11.8 Å². The van der Waals surface area contributed by atoms with Gasteiger partial charge in [0.15, 0.2) is 5.78 Å². The molecule has 4 nitrogen and oxygen atoms in total. The zero-order chi connectivity index (χ0) is 11.3. The molecule has 14 heavy (non-hydrogen) atoms. The fraction of sp³-hybridized carbons (Fsp3) is 0.800. The van der Waals surface area contributed by atoms with Crippen LogP contribution in [0.15, 0.2) is 0 Å². The summed E-state index contributed by atoms with van der Waals surface area (Å²) in [5.74, 6) is -3.17. The maximum Gasteiger partial charge on any atom is 0.313 e.